The fourth-order valence-electron chi connectivity index (χ4n) is 4.69. The molecule has 218 valence electrons. The van der Waals surface area contributed by atoms with Crippen molar-refractivity contribution in [2.24, 2.45) is 4.99 Å². The smallest absolute Gasteiger partial charge is 0.437 e. The van der Waals surface area contributed by atoms with Gasteiger partial charge in [-0.15, -0.1) is 4.99 Å². The van der Waals surface area contributed by atoms with E-state index in [4.69, 9.17) is 4.74 Å². The first kappa shape index (κ1) is 30.3. The SMILES string of the molecule is CCS(=O)(=O)NCC(Cc1ccc(C)cc1)n1/c(=N\C(=O)OC(C)(C)C)n(Cc2ccc(C)cc2)c2ccccc21. The Morgan fingerprint density at radius 2 is 1.46 bits per heavy atom. The van der Waals surface area contributed by atoms with Gasteiger partial charge in [0.25, 0.3) is 0 Å². The molecule has 41 heavy (non-hydrogen) atoms. The van der Waals surface area contributed by atoms with Crippen molar-refractivity contribution >= 4 is 27.1 Å². The van der Waals surface area contributed by atoms with E-state index < -0.39 is 21.7 Å². The first-order chi connectivity index (χ1) is 19.3. The minimum Gasteiger partial charge on any atom is -0.442 e. The van der Waals surface area contributed by atoms with E-state index >= 15 is 0 Å². The maximum absolute atomic E-state index is 13.2. The van der Waals surface area contributed by atoms with E-state index in [1.165, 1.54) is 0 Å². The van der Waals surface area contributed by atoms with Gasteiger partial charge < -0.3 is 13.9 Å². The molecule has 0 spiro atoms. The highest BCUT2D eigenvalue weighted by atomic mass is 32.2. The van der Waals surface area contributed by atoms with Crippen molar-refractivity contribution in [3.05, 3.63) is 101 Å². The van der Waals surface area contributed by atoms with Crippen LogP contribution < -0.4 is 10.3 Å². The number of fused-ring (bicyclic) bond motifs is 1. The van der Waals surface area contributed by atoms with Crippen molar-refractivity contribution in [1.29, 1.82) is 0 Å². The Kier molecular flexibility index (Phi) is 9.19. The summed E-state index contributed by atoms with van der Waals surface area (Å²) in [5.74, 6) is -0.0285. The van der Waals surface area contributed by atoms with Gasteiger partial charge in [0.1, 0.15) is 5.60 Å². The number of aryl methyl sites for hydroxylation is 2. The lowest BCUT2D eigenvalue weighted by Crippen LogP contribution is -2.38. The van der Waals surface area contributed by atoms with Crippen molar-refractivity contribution in [2.75, 3.05) is 12.3 Å². The molecule has 0 saturated carbocycles. The Morgan fingerprint density at radius 3 is 2.02 bits per heavy atom. The number of hydrogen-bond acceptors (Lipinski definition) is 4. The van der Waals surface area contributed by atoms with E-state index in [1.807, 2.05) is 71.5 Å². The van der Waals surface area contributed by atoms with Gasteiger partial charge in [-0.05, 0) is 71.2 Å². The Labute approximate surface area is 242 Å². The van der Waals surface area contributed by atoms with Crippen molar-refractivity contribution in [3.63, 3.8) is 0 Å². The summed E-state index contributed by atoms with van der Waals surface area (Å²) in [6, 6.07) is 23.9. The number of amides is 1. The van der Waals surface area contributed by atoms with E-state index in [-0.39, 0.29) is 18.3 Å². The monoisotopic (exact) mass is 576 g/mol. The van der Waals surface area contributed by atoms with Crippen LogP contribution in [0, 0.1) is 13.8 Å². The van der Waals surface area contributed by atoms with Crippen molar-refractivity contribution in [3.8, 4) is 0 Å². The molecule has 0 aliphatic rings. The molecule has 1 atom stereocenters. The van der Waals surface area contributed by atoms with Crippen LogP contribution in [0.4, 0.5) is 4.79 Å². The summed E-state index contributed by atoms with van der Waals surface area (Å²) < 4.78 is 37.5. The lowest BCUT2D eigenvalue weighted by molar-refractivity contribution is 0.0593. The van der Waals surface area contributed by atoms with Crippen LogP contribution in [-0.4, -0.2) is 41.5 Å². The van der Waals surface area contributed by atoms with E-state index in [0.717, 1.165) is 33.3 Å². The fraction of sp³-hybridized carbons (Fsp3) is 0.375. The quantitative estimate of drug-likeness (QED) is 0.278. The molecule has 0 aliphatic carbocycles. The number of nitrogens with one attached hydrogen (secondary N) is 1. The zero-order chi connectivity index (χ0) is 29.8. The van der Waals surface area contributed by atoms with Gasteiger partial charge in [0.15, 0.2) is 0 Å². The topological polar surface area (TPSA) is 94.7 Å². The van der Waals surface area contributed by atoms with Crippen LogP contribution in [0.25, 0.3) is 11.0 Å². The van der Waals surface area contributed by atoms with Gasteiger partial charge in [0, 0.05) is 6.54 Å². The second kappa shape index (κ2) is 12.4. The second-order valence-electron chi connectivity index (χ2n) is 11.4. The van der Waals surface area contributed by atoms with E-state index in [1.54, 1.807) is 27.7 Å². The van der Waals surface area contributed by atoms with Gasteiger partial charge in [-0.1, -0.05) is 71.8 Å². The van der Waals surface area contributed by atoms with Crippen molar-refractivity contribution in [1.82, 2.24) is 13.9 Å². The molecule has 1 aromatic heterocycles. The Morgan fingerprint density at radius 1 is 0.902 bits per heavy atom. The van der Waals surface area contributed by atoms with Crippen LogP contribution >= 0.6 is 0 Å². The molecule has 0 aliphatic heterocycles. The van der Waals surface area contributed by atoms with Crippen molar-refractivity contribution in [2.45, 2.75) is 66.2 Å². The third-order valence-corrected chi connectivity index (χ3v) is 8.18. The van der Waals surface area contributed by atoms with Crippen LogP contribution in [0.1, 0.15) is 56.0 Å². The first-order valence-corrected chi connectivity index (χ1v) is 15.6. The highest BCUT2D eigenvalue weighted by Gasteiger charge is 2.24. The Bertz CT molecular complexity index is 1680. The summed E-state index contributed by atoms with van der Waals surface area (Å²) in [5.41, 5.74) is 5.78. The number of imidazole rings is 1. The zero-order valence-electron chi connectivity index (χ0n) is 24.7. The minimum atomic E-state index is -3.47. The predicted molar refractivity (Wildman–Crippen MR) is 163 cm³/mol. The molecule has 0 bridgehead atoms. The number of para-hydroxylation sites is 2. The standard InChI is InChI=1S/C32H40N4O4S/c1-7-41(38,39)33-21-27(20-25-16-12-23(2)13-17-25)36-29-11-9-8-10-28(29)35(22-26-18-14-24(3)15-19-26)30(36)34-31(37)40-32(4,5)6/h8-19,27,33H,7,20-22H2,1-6H3/b34-30-. The van der Waals surface area contributed by atoms with Crippen molar-refractivity contribution < 1.29 is 17.9 Å². The number of aromatic nitrogens is 2. The summed E-state index contributed by atoms with van der Waals surface area (Å²) in [4.78, 5) is 17.7. The second-order valence-corrected chi connectivity index (χ2v) is 13.5. The molecule has 1 N–H and O–H groups in total. The number of rotatable bonds is 9. The van der Waals surface area contributed by atoms with Gasteiger partial charge in [0.2, 0.25) is 15.6 Å². The largest absolute Gasteiger partial charge is 0.442 e. The molecule has 1 amide bonds. The summed E-state index contributed by atoms with van der Waals surface area (Å²) in [5, 5.41) is 0. The van der Waals surface area contributed by atoms with Gasteiger partial charge in [-0.2, -0.15) is 0 Å². The number of benzene rings is 3. The average Bonchev–Trinajstić information content (AvgIpc) is 3.20. The van der Waals surface area contributed by atoms with Crippen LogP contribution in [0.3, 0.4) is 0 Å². The third-order valence-electron chi connectivity index (χ3n) is 6.81. The first-order valence-electron chi connectivity index (χ1n) is 13.9. The summed E-state index contributed by atoms with van der Waals surface area (Å²) >= 11 is 0. The molecular formula is C32H40N4O4S. The van der Waals surface area contributed by atoms with Gasteiger partial charge >= 0.3 is 6.09 Å². The van der Waals surface area contributed by atoms with Crippen LogP contribution in [-0.2, 0) is 27.7 Å². The van der Waals surface area contributed by atoms with Crippen LogP contribution in [0.5, 0.6) is 0 Å². The molecule has 0 saturated heterocycles. The van der Waals surface area contributed by atoms with E-state index in [2.05, 4.69) is 34.0 Å². The highest BCUT2D eigenvalue weighted by Crippen LogP contribution is 2.22. The molecule has 0 fully saturated rings. The van der Waals surface area contributed by atoms with Crippen LogP contribution in [0.2, 0.25) is 0 Å². The van der Waals surface area contributed by atoms with Crippen LogP contribution in [0.15, 0.2) is 77.8 Å². The molecule has 8 nitrogen and oxygen atoms in total. The zero-order valence-corrected chi connectivity index (χ0v) is 25.5. The Hall–Kier alpha value is -3.69. The summed E-state index contributed by atoms with van der Waals surface area (Å²) in [7, 11) is -3.47. The molecule has 3 aromatic carbocycles. The van der Waals surface area contributed by atoms with E-state index in [0.29, 0.717) is 18.6 Å². The van der Waals surface area contributed by atoms with Gasteiger partial charge in [-0.3, -0.25) is 0 Å². The third kappa shape index (κ3) is 7.95. The van der Waals surface area contributed by atoms with Gasteiger partial charge in [-0.25, -0.2) is 17.9 Å². The molecule has 1 heterocycles. The number of nitrogens with zero attached hydrogens (tertiary/aromatic N) is 3. The Balaban J connectivity index is 1.96. The number of sulfonamides is 1. The summed E-state index contributed by atoms with van der Waals surface area (Å²) in [6.45, 7) is 11.7. The van der Waals surface area contributed by atoms with Gasteiger partial charge in [0.05, 0.1) is 29.4 Å². The maximum atomic E-state index is 13.2. The predicted octanol–water partition coefficient (Wildman–Crippen LogP) is 5.67. The lowest BCUT2D eigenvalue weighted by atomic mass is 10.0. The highest BCUT2D eigenvalue weighted by molar-refractivity contribution is 7.89. The normalized spacial score (nSPS) is 13.5. The molecular weight excluding hydrogens is 536 g/mol. The van der Waals surface area contributed by atoms with E-state index in [9.17, 15) is 13.2 Å². The number of ether oxygens (including phenoxy) is 1. The molecule has 4 rings (SSSR count). The fourth-order valence-corrected chi connectivity index (χ4v) is 5.34. The molecule has 4 aromatic rings. The summed E-state index contributed by atoms with van der Waals surface area (Å²) in [6.07, 6.45) is -0.186. The lowest BCUT2D eigenvalue weighted by Gasteiger charge is -2.21. The molecule has 0 radical (unpaired) electrons. The minimum absolute atomic E-state index is 0.0285. The number of carbonyl (C=O) groups is 1. The number of hydrogen-bond donors (Lipinski definition) is 1. The maximum Gasteiger partial charge on any atom is 0.437 e. The molecule has 9 heteroatoms. The average molecular weight is 577 g/mol. The number of carbonyl (C=O) groups excluding carboxylic acids is 1. The molecule has 1 unspecified atom stereocenters.